The van der Waals surface area contributed by atoms with Crippen molar-refractivity contribution in [2.45, 2.75) is 13.0 Å². The van der Waals surface area contributed by atoms with Crippen molar-refractivity contribution in [2.75, 3.05) is 44.2 Å². The lowest BCUT2D eigenvalue weighted by atomic mass is 10.2. The maximum Gasteiger partial charge on any atom is 0.268 e. The second-order valence-electron chi connectivity index (χ2n) is 8.85. The van der Waals surface area contributed by atoms with Crippen LogP contribution in [-0.4, -0.2) is 65.3 Å². The number of methoxy groups -OCH3 is 1. The number of fused-ring (bicyclic) bond motifs is 1. The maximum absolute atomic E-state index is 13.2. The van der Waals surface area contributed by atoms with Crippen molar-refractivity contribution in [2.24, 2.45) is 0 Å². The van der Waals surface area contributed by atoms with Crippen LogP contribution in [0.5, 0.6) is 0 Å². The number of nitrogens with one attached hydrogen (secondary N) is 1. The highest BCUT2D eigenvalue weighted by molar-refractivity contribution is 7.17. The van der Waals surface area contributed by atoms with Gasteiger partial charge in [0.1, 0.15) is 6.61 Å². The number of pyridine rings is 1. The lowest BCUT2D eigenvalue weighted by Crippen LogP contribution is -2.30. The molecule has 206 valence electrons. The van der Waals surface area contributed by atoms with Gasteiger partial charge in [0.15, 0.2) is 12.2 Å². The Hall–Kier alpha value is -4.39. The monoisotopic (exact) mass is 560 g/mol. The summed E-state index contributed by atoms with van der Waals surface area (Å²) in [5, 5.41) is 2.97. The van der Waals surface area contributed by atoms with Gasteiger partial charge in [-0.1, -0.05) is 6.07 Å². The number of ether oxygens (including phenoxy) is 2. The lowest BCUT2D eigenvalue weighted by molar-refractivity contribution is -0.123. The Morgan fingerprint density at radius 1 is 1.12 bits per heavy atom. The van der Waals surface area contributed by atoms with E-state index in [1.54, 1.807) is 32.6 Å². The summed E-state index contributed by atoms with van der Waals surface area (Å²) in [5.41, 5.74) is 3.20. The van der Waals surface area contributed by atoms with Crippen molar-refractivity contribution in [1.29, 1.82) is 0 Å². The van der Waals surface area contributed by atoms with Crippen molar-refractivity contribution >= 4 is 45.8 Å². The molecule has 0 atom stereocenters. The molecule has 0 aliphatic carbocycles. The average Bonchev–Trinajstić information content (AvgIpc) is 3.74. The smallest absolute Gasteiger partial charge is 0.268 e. The molecule has 2 amide bonds. The first kappa shape index (κ1) is 27.2. The number of nitrogens with zero attached hydrogens (tertiary/aromatic N) is 5. The van der Waals surface area contributed by atoms with Gasteiger partial charge in [0.25, 0.3) is 11.8 Å². The molecule has 0 spiro atoms. The van der Waals surface area contributed by atoms with Gasteiger partial charge in [0.2, 0.25) is 5.95 Å². The Morgan fingerprint density at radius 3 is 2.80 bits per heavy atom. The number of imidazole rings is 1. The minimum atomic E-state index is -0.283. The van der Waals surface area contributed by atoms with E-state index >= 15 is 0 Å². The van der Waals surface area contributed by atoms with Crippen LogP contribution < -0.4 is 10.2 Å². The van der Waals surface area contributed by atoms with Crippen LogP contribution in [0.1, 0.15) is 15.2 Å². The summed E-state index contributed by atoms with van der Waals surface area (Å²) in [7, 11) is 3.27. The number of amides is 2. The molecule has 5 aromatic rings. The fraction of sp³-hybridized carbons (Fsp3) is 0.250. The van der Waals surface area contributed by atoms with Crippen molar-refractivity contribution in [1.82, 2.24) is 19.5 Å². The fourth-order valence-corrected chi connectivity index (χ4v) is 4.93. The van der Waals surface area contributed by atoms with Gasteiger partial charge in [-0.2, -0.15) is 0 Å². The van der Waals surface area contributed by atoms with Crippen LogP contribution >= 0.6 is 11.3 Å². The molecule has 0 unspecified atom stereocenters. The van der Waals surface area contributed by atoms with Crippen LogP contribution in [-0.2, 0) is 27.2 Å². The summed E-state index contributed by atoms with van der Waals surface area (Å²) in [4.78, 5) is 41.6. The first-order valence-electron chi connectivity index (χ1n) is 12.6. The second kappa shape index (κ2) is 12.6. The molecule has 5 rings (SSSR count). The van der Waals surface area contributed by atoms with Crippen LogP contribution in [0, 0.1) is 0 Å². The van der Waals surface area contributed by atoms with Crippen molar-refractivity contribution < 1.29 is 23.5 Å². The molecule has 0 saturated carbocycles. The quantitative estimate of drug-likeness (QED) is 0.224. The van der Waals surface area contributed by atoms with E-state index in [1.165, 1.54) is 22.6 Å². The topological polar surface area (TPSA) is 125 Å². The number of rotatable bonds is 12. The van der Waals surface area contributed by atoms with Gasteiger partial charge in [0.05, 0.1) is 40.2 Å². The normalized spacial score (nSPS) is 11.2. The molecule has 1 N–H and O–H groups in total. The molecule has 4 heterocycles. The van der Waals surface area contributed by atoms with E-state index in [0.717, 1.165) is 16.0 Å². The standard InChI is InChI=1S/C28H28N6O5S/c1-33(26(35)17-38-13-12-37-2)20-5-6-22-21(14-20)31-28(34(22)11-9-19-4-3-10-29-15-19)32-27(36)25-8-7-24(40-25)23-16-30-18-39-23/h3-8,10,14-16,18H,9,11-13,17H2,1-2H3,(H,31,32,36). The summed E-state index contributed by atoms with van der Waals surface area (Å²) in [6.45, 7) is 1.26. The predicted octanol–water partition coefficient (Wildman–Crippen LogP) is 4.27. The lowest BCUT2D eigenvalue weighted by Gasteiger charge is -2.17. The van der Waals surface area contributed by atoms with Crippen molar-refractivity contribution in [3.05, 3.63) is 77.9 Å². The molecule has 40 heavy (non-hydrogen) atoms. The molecular weight excluding hydrogens is 532 g/mol. The van der Waals surface area contributed by atoms with Crippen LogP contribution in [0.15, 0.2) is 71.9 Å². The number of carbonyl (C=O) groups is 2. The third-order valence-corrected chi connectivity index (χ3v) is 7.33. The van der Waals surface area contributed by atoms with Crippen LogP contribution in [0.25, 0.3) is 21.7 Å². The second-order valence-corrected chi connectivity index (χ2v) is 9.94. The number of oxazole rings is 1. The SMILES string of the molecule is COCCOCC(=O)N(C)c1ccc2c(c1)nc(NC(=O)c1ccc(-c3cnco3)s1)n2CCc1cccnc1. The molecular formula is C28H28N6O5S. The molecule has 12 heteroatoms. The molecule has 11 nitrogen and oxygen atoms in total. The predicted molar refractivity (Wildman–Crippen MR) is 152 cm³/mol. The fourth-order valence-electron chi connectivity index (χ4n) is 4.07. The number of likely N-dealkylation sites (N-methyl/N-ethyl adjacent to an activating group) is 1. The molecule has 1 aromatic carbocycles. The zero-order valence-electron chi connectivity index (χ0n) is 22.1. The maximum atomic E-state index is 13.2. The average molecular weight is 561 g/mol. The van der Waals surface area contributed by atoms with Gasteiger partial charge in [-0.15, -0.1) is 11.3 Å². The van der Waals surface area contributed by atoms with E-state index in [-0.39, 0.29) is 18.4 Å². The van der Waals surface area contributed by atoms with E-state index < -0.39 is 0 Å². The highest BCUT2D eigenvalue weighted by atomic mass is 32.1. The summed E-state index contributed by atoms with van der Waals surface area (Å²) in [6, 6.07) is 13.0. The van der Waals surface area contributed by atoms with Gasteiger partial charge in [-0.25, -0.2) is 9.97 Å². The summed E-state index contributed by atoms with van der Waals surface area (Å²) >= 11 is 1.30. The van der Waals surface area contributed by atoms with E-state index in [1.807, 2.05) is 47.2 Å². The highest BCUT2D eigenvalue weighted by Gasteiger charge is 2.19. The van der Waals surface area contributed by atoms with Gasteiger partial charge in [0, 0.05) is 38.8 Å². The third-order valence-electron chi connectivity index (χ3n) is 6.23. The number of carbonyl (C=O) groups excluding carboxylic acids is 2. The zero-order chi connectivity index (χ0) is 27.9. The first-order chi connectivity index (χ1) is 19.5. The summed E-state index contributed by atoms with van der Waals surface area (Å²) < 4.78 is 17.6. The van der Waals surface area contributed by atoms with Crippen LogP contribution in [0.2, 0.25) is 0 Å². The molecule has 0 radical (unpaired) electrons. The molecule has 0 aliphatic heterocycles. The Kier molecular flexibility index (Phi) is 8.59. The van der Waals surface area contributed by atoms with Crippen molar-refractivity contribution in [3.8, 4) is 10.6 Å². The molecule has 0 saturated heterocycles. The van der Waals surface area contributed by atoms with Gasteiger partial charge in [-0.3, -0.25) is 19.9 Å². The summed E-state index contributed by atoms with van der Waals surface area (Å²) in [6.07, 6.45) is 7.21. The Bertz CT molecular complexity index is 1580. The van der Waals surface area contributed by atoms with Crippen LogP contribution in [0.3, 0.4) is 0 Å². The first-order valence-corrected chi connectivity index (χ1v) is 13.4. The minimum absolute atomic E-state index is 0.0599. The Morgan fingerprint density at radius 2 is 2.02 bits per heavy atom. The van der Waals surface area contributed by atoms with E-state index in [9.17, 15) is 9.59 Å². The number of benzene rings is 1. The third kappa shape index (κ3) is 6.25. The van der Waals surface area contributed by atoms with E-state index in [0.29, 0.717) is 54.0 Å². The van der Waals surface area contributed by atoms with E-state index in [2.05, 4.69) is 15.3 Å². The number of aromatic nitrogens is 4. The number of anilines is 2. The van der Waals surface area contributed by atoms with Crippen LogP contribution in [0.4, 0.5) is 11.6 Å². The highest BCUT2D eigenvalue weighted by Crippen LogP contribution is 2.29. The molecule has 0 bridgehead atoms. The molecule has 0 aliphatic rings. The Balaban J connectivity index is 1.40. The number of hydrogen-bond donors (Lipinski definition) is 1. The molecule has 4 aromatic heterocycles. The van der Waals surface area contributed by atoms with E-state index in [4.69, 9.17) is 18.9 Å². The molecule has 0 fully saturated rings. The zero-order valence-corrected chi connectivity index (χ0v) is 22.9. The number of thiophene rings is 1. The Labute approximate surface area is 234 Å². The minimum Gasteiger partial charge on any atom is -0.443 e. The number of aryl methyl sites for hydroxylation is 2. The largest absolute Gasteiger partial charge is 0.443 e. The van der Waals surface area contributed by atoms with Gasteiger partial charge < -0.3 is 23.4 Å². The number of hydrogen-bond acceptors (Lipinski definition) is 9. The summed E-state index contributed by atoms with van der Waals surface area (Å²) in [5.74, 6) is 0.533. The van der Waals surface area contributed by atoms with Crippen molar-refractivity contribution in [3.63, 3.8) is 0 Å². The van der Waals surface area contributed by atoms with Gasteiger partial charge >= 0.3 is 0 Å². The van der Waals surface area contributed by atoms with Gasteiger partial charge in [-0.05, 0) is 48.4 Å².